The Balaban J connectivity index is 2.23. The van der Waals surface area contributed by atoms with E-state index in [4.69, 9.17) is 10.8 Å². The van der Waals surface area contributed by atoms with Crippen LogP contribution in [0.4, 0.5) is 0 Å². The molecule has 8 heteroatoms. The van der Waals surface area contributed by atoms with Crippen molar-refractivity contribution in [3.63, 3.8) is 0 Å². The molecule has 0 aromatic carbocycles. The number of rotatable bonds is 6. The van der Waals surface area contributed by atoms with Gasteiger partial charge in [-0.05, 0) is 25.5 Å². The number of carboxylic acids is 1. The number of amides is 2. The Morgan fingerprint density at radius 2 is 2.14 bits per heavy atom. The molecule has 0 fully saturated rings. The van der Waals surface area contributed by atoms with Gasteiger partial charge < -0.3 is 16.2 Å². The van der Waals surface area contributed by atoms with Crippen LogP contribution in [-0.4, -0.2) is 38.3 Å². The van der Waals surface area contributed by atoms with Gasteiger partial charge in [-0.15, -0.1) is 0 Å². The van der Waals surface area contributed by atoms with E-state index >= 15 is 0 Å². The predicted octanol–water partition coefficient (Wildman–Crippen LogP) is 0.0912. The van der Waals surface area contributed by atoms with Gasteiger partial charge in [0.05, 0.1) is 5.69 Å². The molecule has 4 N–H and O–H groups in total. The van der Waals surface area contributed by atoms with Crippen molar-refractivity contribution < 1.29 is 19.5 Å². The summed E-state index contributed by atoms with van der Waals surface area (Å²) in [6.45, 7) is 1.67. The van der Waals surface area contributed by atoms with Crippen LogP contribution in [0.1, 0.15) is 29.0 Å². The summed E-state index contributed by atoms with van der Waals surface area (Å²) in [6, 6.07) is 4.09. The van der Waals surface area contributed by atoms with Crippen LogP contribution in [0.5, 0.6) is 0 Å². The topological polar surface area (TPSA) is 127 Å². The number of carbonyl (C=O) groups is 3. The maximum Gasteiger partial charge on any atom is 0.326 e. The lowest BCUT2D eigenvalue weighted by Gasteiger charge is -2.13. The van der Waals surface area contributed by atoms with Crippen molar-refractivity contribution in [2.24, 2.45) is 5.73 Å². The maximum absolute atomic E-state index is 12.3. The predicted molar refractivity (Wildman–Crippen MR) is 77.2 cm³/mol. The van der Waals surface area contributed by atoms with E-state index in [1.807, 2.05) is 0 Å². The first-order chi connectivity index (χ1) is 10.4. The highest BCUT2D eigenvalue weighted by atomic mass is 16.4. The summed E-state index contributed by atoms with van der Waals surface area (Å²) < 4.78 is 1.58. The molecule has 0 saturated heterocycles. The van der Waals surface area contributed by atoms with Crippen LogP contribution in [-0.2, 0) is 9.59 Å². The molecule has 2 rings (SSSR count). The van der Waals surface area contributed by atoms with Gasteiger partial charge in [-0.3, -0.25) is 14.0 Å². The van der Waals surface area contributed by atoms with Gasteiger partial charge in [0.25, 0.3) is 5.91 Å². The van der Waals surface area contributed by atoms with Crippen LogP contribution >= 0.6 is 0 Å². The second-order valence-electron chi connectivity index (χ2n) is 4.84. The van der Waals surface area contributed by atoms with Crippen molar-refractivity contribution >= 4 is 23.4 Å². The van der Waals surface area contributed by atoms with Crippen molar-refractivity contribution in [3.05, 3.63) is 35.8 Å². The number of carboxylic acid groups (broad SMARTS) is 1. The normalized spacial score (nSPS) is 12.0. The number of aromatic nitrogens is 2. The number of hydrogen-bond donors (Lipinski definition) is 3. The lowest BCUT2D eigenvalue weighted by atomic mass is 10.1. The molecule has 0 radical (unpaired) electrons. The molecule has 116 valence electrons. The zero-order valence-electron chi connectivity index (χ0n) is 11.9. The summed E-state index contributed by atoms with van der Waals surface area (Å²) in [6.07, 6.45) is 1.49. The minimum Gasteiger partial charge on any atom is -0.480 e. The van der Waals surface area contributed by atoms with Crippen molar-refractivity contribution in [2.75, 3.05) is 0 Å². The number of carbonyl (C=O) groups excluding carboxylic acids is 2. The Labute approximate surface area is 125 Å². The van der Waals surface area contributed by atoms with E-state index in [9.17, 15) is 14.4 Å². The van der Waals surface area contributed by atoms with Crippen molar-refractivity contribution in [3.8, 4) is 0 Å². The van der Waals surface area contributed by atoms with Crippen molar-refractivity contribution in [1.82, 2.24) is 14.7 Å². The number of aliphatic carboxylic acids is 1. The highest BCUT2D eigenvalue weighted by molar-refractivity contribution is 5.97. The Kier molecular flexibility index (Phi) is 4.40. The van der Waals surface area contributed by atoms with E-state index in [-0.39, 0.29) is 18.5 Å². The van der Waals surface area contributed by atoms with Crippen LogP contribution < -0.4 is 11.1 Å². The van der Waals surface area contributed by atoms with E-state index in [1.165, 1.54) is 0 Å². The number of nitrogens with one attached hydrogen (secondary N) is 1. The highest BCUT2D eigenvalue weighted by Crippen LogP contribution is 2.12. The van der Waals surface area contributed by atoms with Gasteiger partial charge in [-0.25, -0.2) is 9.78 Å². The number of nitrogens with two attached hydrogens (primary N) is 1. The summed E-state index contributed by atoms with van der Waals surface area (Å²) in [5, 5.41) is 11.5. The molecule has 0 saturated carbocycles. The first-order valence-electron chi connectivity index (χ1n) is 6.66. The third-order valence-corrected chi connectivity index (χ3v) is 3.20. The number of imidazole rings is 1. The van der Waals surface area contributed by atoms with Gasteiger partial charge >= 0.3 is 5.97 Å². The van der Waals surface area contributed by atoms with Gasteiger partial charge in [0.2, 0.25) is 5.91 Å². The standard InChI is InChI=1S/C14H16N4O4/c1-8-12(18-7-3-2-4-11(18)16-8)13(20)17-9(14(21)22)5-6-10(15)19/h2-4,7,9H,5-6H2,1H3,(H2,15,19)(H,17,20)(H,21,22). The number of fused-ring (bicyclic) bond motifs is 1. The van der Waals surface area contributed by atoms with Gasteiger partial charge in [-0.2, -0.15) is 0 Å². The lowest BCUT2D eigenvalue weighted by molar-refractivity contribution is -0.139. The second-order valence-corrected chi connectivity index (χ2v) is 4.84. The molecule has 0 aliphatic carbocycles. The lowest BCUT2D eigenvalue weighted by Crippen LogP contribution is -2.42. The highest BCUT2D eigenvalue weighted by Gasteiger charge is 2.24. The smallest absolute Gasteiger partial charge is 0.326 e. The quantitative estimate of drug-likeness (QED) is 0.697. The largest absolute Gasteiger partial charge is 0.480 e. The van der Waals surface area contributed by atoms with Crippen LogP contribution in [0.2, 0.25) is 0 Å². The Bertz CT molecular complexity index is 738. The SMILES string of the molecule is Cc1nc2ccccn2c1C(=O)NC(CCC(N)=O)C(=O)O. The van der Waals surface area contributed by atoms with Crippen LogP contribution in [0.25, 0.3) is 5.65 Å². The fourth-order valence-electron chi connectivity index (χ4n) is 2.16. The molecule has 8 nitrogen and oxygen atoms in total. The van der Waals surface area contributed by atoms with E-state index in [2.05, 4.69) is 10.3 Å². The molecule has 0 aliphatic rings. The second kappa shape index (κ2) is 6.25. The first-order valence-corrected chi connectivity index (χ1v) is 6.66. The molecule has 2 aromatic rings. The van der Waals surface area contributed by atoms with Crippen LogP contribution in [0, 0.1) is 6.92 Å². The van der Waals surface area contributed by atoms with E-state index in [0.717, 1.165) is 0 Å². The Hall–Kier alpha value is -2.90. The molecule has 2 amide bonds. The fraction of sp³-hybridized carbons (Fsp3) is 0.286. The van der Waals surface area contributed by atoms with Crippen molar-refractivity contribution in [1.29, 1.82) is 0 Å². The van der Waals surface area contributed by atoms with Gasteiger partial charge in [0.1, 0.15) is 17.4 Å². The van der Waals surface area contributed by atoms with Gasteiger partial charge in [0, 0.05) is 12.6 Å². The minimum absolute atomic E-state index is 0.0633. The number of hydrogen-bond acceptors (Lipinski definition) is 4. The number of pyridine rings is 1. The third-order valence-electron chi connectivity index (χ3n) is 3.20. The molecule has 2 heterocycles. The summed E-state index contributed by atoms with van der Waals surface area (Å²) in [4.78, 5) is 38.5. The molecule has 0 bridgehead atoms. The van der Waals surface area contributed by atoms with Crippen molar-refractivity contribution in [2.45, 2.75) is 25.8 Å². The Morgan fingerprint density at radius 1 is 1.41 bits per heavy atom. The van der Waals surface area contributed by atoms with Crippen LogP contribution in [0.15, 0.2) is 24.4 Å². The van der Waals surface area contributed by atoms with E-state index in [1.54, 1.807) is 35.7 Å². The van der Waals surface area contributed by atoms with E-state index in [0.29, 0.717) is 11.3 Å². The average Bonchev–Trinajstić information content (AvgIpc) is 2.78. The maximum atomic E-state index is 12.3. The van der Waals surface area contributed by atoms with E-state index < -0.39 is 23.8 Å². The Morgan fingerprint density at radius 3 is 2.77 bits per heavy atom. The molecular formula is C14H16N4O4. The molecular weight excluding hydrogens is 288 g/mol. The number of aryl methyl sites for hydroxylation is 1. The number of nitrogens with zero attached hydrogens (tertiary/aromatic N) is 2. The summed E-state index contributed by atoms with van der Waals surface area (Å²) >= 11 is 0. The monoisotopic (exact) mass is 304 g/mol. The zero-order chi connectivity index (χ0) is 16.3. The minimum atomic E-state index is -1.22. The molecule has 0 aliphatic heterocycles. The van der Waals surface area contributed by atoms with Gasteiger partial charge in [0.15, 0.2) is 0 Å². The van der Waals surface area contributed by atoms with Gasteiger partial charge in [-0.1, -0.05) is 6.07 Å². The third kappa shape index (κ3) is 3.22. The number of primary amides is 1. The molecule has 0 spiro atoms. The molecule has 1 unspecified atom stereocenters. The fourth-order valence-corrected chi connectivity index (χ4v) is 2.16. The summed E-state index contributed by atoms with van der Waals surface area (Å²) in [7, 11) is 0. The average molecular weight is 304 g/mol. The van der Waals surface area contributed by atoms with Crippen LogP contribution in [0.3, 0.4) is 0 Å². The molecule has 1 atom stereocenters. The zero-order valence-corrected chi connectivity index (χ0v) is 11.9. The summed E-state index contributed by atoms with van der Waals surface area (Å²) in [5.74, 6) is -2.40. The first kappa shape index (κ1) is 15.5. The molecule has 22 heavy (non-hydrogen) atoms. The molecule has 2 aromatic heterocycles. The summed E-state index contributed by atoms with van der Waals surface area (Å²) in [5.41, 5.74) is 6.35.